The van der Waals surface area contributed by atoms with Crippen LogP contribution in [-0.2, 0) is 14.3 Å². The number of anilines is 2. The lowest BCUT2D eigenvalue weighted by Crippen LogP contribution is -2.54. The van der Waals surface area contributed by atoms with Crippen LogP contribution in [0, 0.1) is 5.82 Å². The number of carbonyl (C=O) groups is 3. The van der Waals surface area contributed by atoms with E-state index in [1.807, 2.05) is 4.90 Å². The fourth-order valence-corrected chi connectivity index (χ4v) is 3.45. The van der Waals surface area contributed by atoms with Crippen LogP contribution in [0.1, 0.15) is 5.56 Å². The molecule has 2 aromatic carbocycles. The Bertz CT molecular complexity index is 1050. The van der Waals surface area contributed by atoms with Gasteiger partial charge in [-0.2, -0.15) is 0 Å². The smallest absolute Gasteiger partial charge is 0.335 e. The van der Waals surface area contributed by atoms with E-state index < -0.39 is 23.7 Å². The van der Waals surface area contributed by atoms with Crippen LogP contribution in [0.25, 0.3) is 6.08 Å². The number of imide groups is 2. The van der Waals surface area contributed by atoms with Crippen molar-refractivity contribution in [3.63, 3.8) is 0 Å². The van der Waals surface area contributed by atoms with Crippen molar-refractivity contribution in [2.45, 2.75) is 0 Å². The average Bonchev–Trinajstić information content (AvgIpc) is 2.73. The molecular weight excluding hydrogens is 413 g/mol. The first-order valence-corrected chi connectivity index (χ1v) is 9.61. The predicted octanol–water partition coefficient (Wildman–Crippen LogP) is 2.98. The molecule has 4 amide bonds. The van der Waals surface area contributed by atoms with Crippen LogP contribution in [0.4, 0.5) is 20.6 Å². The number of urea groups is 1. The average molecular weight is 430 g/mol. The van der Waals surface area contributed by atoms with E-state index in [0.717, 1.165) is 4.90 Å². The Morgan fingerprint density at radius 1 is 1.03 bits per heavy atom. The second-order valence-electron chi connectivity index (χ2n) is 6.74. The van der Waals surface area contributed by atoms with E-state index in [2.05, 4.69) is 5.32 Å². The van der Waals surface area contributed by atoms with Crippen molar-refractivity contribution < 1.29 is 23.5 Å². The van der Waals surface area contributed by atoms with Crippen LogP contribution in [0.3, 0.4) is 0 Å². The summed E-state index contributed by atoms with van der Waals surface area (Å²) in [5.74, 6) is -2.11. The molecule has 1 N–H and O–H groups in total. The Hall–Kier alpha value is -3.23. The number of nitrogens with one attached hydrogen (secondary N) is 1. The summed E-state index contributed by atoms with van der Waals surface area (Å²) >= 11 is 5.85. The summed E-state index contributed by atoms with van der Waals surface area (Å²) in [6.07, 6.45) is 1.26. The highest BCUT2D eigenvalue weighted by Crippen LogP contribution is 2.26. The first-order valence-electron chi connectivity index (χ1n) is 9.23. The van der Waals surface area contributed by atoms with Crippen LogP contribution >= 0.6 is 11.6 Å². The fourth-order valence-electron chi connectivity index (χ4n) is 3.32. The number of carbonyl (C=O) groups excluding carboxylic acids is 3. The van der Waals surface area contributed by atoms with Crippen molar-refractivity contribution in [2.24, 2.45) is 0 Å². The van der Waals surface area contributed by atoms with Gasteiger partial charge in [0.2, 0.25) is 0 Å². The topological polar surface area (TPSA) is 79.0 Å². The van der Waals surface area contributed by atoms with Crippen molar-refractivity contribution in [3.05, 3.63) is 64.4 Å². The van der Waals surface area contributed by atoms with E-state index in [4.69, 9.17) is 16.3 Å². The van der Waals surface area contributed by atoms with Gasteiger partial charge >= 0.3 is 6.03 Å². The molecule has 154 valence electrons. The number of barbiturate groups is 1. The number of morpholine rings is 1. The Kier molecular flexibility index (Phi) is 5.52. The van der Waals surface area contributed by atoms with Gasteiger partial charge in [-0.05, 0) is 48.0 Å². The first-order chi connectivity index (χ1) is 14.4. The van der Waals surface area contributed by atoms with E-state index in [1.165, 1.54) is 36.4 Å². The Morgan fingerprint density at radius 3 is 2.40 bits per heavy atom. The number of halogens is 2. The molecule has 2 fully saturated rings. The number of amides is 4. The van der Waals surface area contributed by atoms with Crippen LogP contribution in [0.2, 0.25) is 5.02 Å². The highest BCUT2D eigenvalue weighted by Gasteiger charge is 2.36. The number of hydrogen-bond donors (Lipinski definition) is 1. The minimum atomic E-state index is -0.863. The molecule has 2 aliphatic heterocycles. The molecule has 0 unspecified atom stereocenters. The van der Waals surface area contributed by atoms with Gasteiger partial charge < -0.3 is 9.64 Å². The lowest BCUT2D eigenvalue weighted by Gasteiger charge is -2.29. The van der Waals surface area contributed by atoms with E-state index in [1.54, 1.807) is 12.1 Å². The van der Waals surface area contributed by atoms with Gasteiger partial charge in [0.05, 0.1) is 24.6 Å². The van der Waals surface area contributed by atoms with Gasteiger partial charge in [0.15, 0.2) is 0 Å². The molecule has 0 aromatic heterocycles. The lowest BCUT2D eigenvalue weighted by atomic mass is 10.1. The Labute approximate surface area is 176 Å². The Morgan fingerprint density at radius 2 is 1.73 bits per heavy atom. The van der Waals surface area contributed by atoms with Crippen molar-refractivity contribution in [1.82, 2.24) is 5.32 Å². The molecule has 0 aliphatic carbocycles. The monoisotopic (exact) mass is 429 g/mol. The number of hydrogen-bond acceptors (Lipinski definition) is 5. The van der Waals surface area contributed by atoms with Gasteiger partial charge in [-0.3, -0.25) is 14.9 Å². The summed E-state index contributed by atoms with van der Waals surface area (Å²) in [7, 11) is 0. The molecule has 2 aliphatic rings. The molecule has 0 atom stereocenters. The van der Waals surface area contributed by atoms with Crippen molar-refractivity contribution in [1.29, 1.82) is 0 Å². The molecule has 2 heterocycles. The molecule has 0 bridgehead atoms. The second kappa shape index (κ2) is 8.25. The predicted molar refractivity (Wildman–Crippen MR) is 110 cm³/mol. The summed E-state index contributed by atoms with van der Waals surface area (Å²) in [4.78, 5) is 40.0. The molecule has 0 radical (unpaired) electrons. The molecule has 2 saturated heterocycles. The standard InChI is InChI=1S/C21H17ClFN3O4/c22-14-2-4-15(5-3-14)26-20(28)16(19(27)24-21(26)29)11-13-1-6-18(17(23)12-13)25-7-9-30-10-8-25/h1-6,11-12H,7-10H2,(H,24,27,29)/b16-11+. The normalized spacial score (nSPS) is 18.7. The summed E-state index contributed by atoms with van der Waals surface area (Å²) in [6.45, 7) is 2.20. The lowest BCUT2D eigenvalue weighted by molar-refractivity contribution is -0.122. The quantitative estimate of drug-likeness (QED) is 0.599. The maximum atomic E-state index is 14.7. The first kappa shape index (κ1) is 20.1. The van der Waals surface area contributed by atoms with Crippen LogP contribution in [0.15, 0.2) is 48.0 Å². The zero-order valence-electron chi connectivity index (χ0n) is 15.7. The number of rotatable bonds is 3. The maximum absolute atomic E-state index is 14.7. The third-order valence-electron chi connectivity index (χ3n) is 4.82. The zero-order chi connectivity index (χ0) is 21.3. The van der Waals surface area contributed by atoms with Crippen LogP contribution in [-0.4, -0.2) is 44.1 Å². The van der Waals surface area contributed by atoms with Crippen LogP contribution in [0.5, 0.6) is 0 Å². The summed E-state index contributed by atoms with van der Waals surface area (Å²) in [6, 6.07) is 9.63. The minimum absolute atomic E-state index is 0.258. The SMILES string of the molecule is O=C1NC(=O)N(c2ccc(Cl)cc2)C(=O)/C1=C/c1ccc(N2CCOCC2)c(F)c1. The van der Waals surface area contributed by atoms with E-state index in [9.17, 15) is 18.8 Å². The highest BCUT2D eigenvalue weighted by molar-refractivity contribution is 6.39. The Balaban J connectivity index is 1.64. The van der Waals surface area contributed by atoms with Crippen molar-refractivity contribution in [3.8, 4) is 0 Å². The van der Waals surface area contributed by atoms with Crippen molar-refractivity contribution in [2.75, 3.05) is 36.1 Å². The largest absolute Gasteiger partial charge is 0.378 e. The summed E-state index contributed by atoms with van der Waals surface area (Å²) in [5.41, 5.74) is 0.739. The van der Waals surface area contributed by atoms with Gasteiger partial charge in [0.1, 0.15) is 11.4 Å². The minimum Gasteiger partial charge on any atom is -0.378 e. The van der Waals surface area contributed by atoms with E-state index in [0.29, 0.717) is 42.6 Å². The van der Waals surface area contributed by atoms with Gasteiger partial charge in [0.25, 0.3) is 11.8 Å². The molecule has 0 spiro atoms. The van der Waals surface area contributed by atoms with Crippen molar-refractivity contribution >= 4 is 46.9 Å². The van der Waals surface area contributed by atoms with Crippen LogP contribution < -0.4 is 15.1 Å². The van der Waals surface area contributed by atoms with Gasteiger partial charge in [-0.15, -0.1) is 0 Å². The second-order valence-corrected chi connectivity index (χ2v) is 7.18. The summed E-state index contributed by atoms with van der Waals surface area (Å²) < 4.78 is 19.9. The molecule has 7 nitrogen and oxygen atoms in total. The summed E-state index contributed by atoms with van der Waals surface area (Å²) in [5, 5.41) is 2.57. The molecular formula is C21H17ClFN3O4. The number of nitrogens with zero attached hydrogens (tertiary/aromatic N) is 2. The number of benzene rings is 2. The third kappa shape index (κ3) is 3.92. The van der Waals surface area contributed by atoms with Gasteiger partial charge in [-0.25, -0.2) is 14.1 Å². The molecule has 4 rings (SSSR count). The molecule has 0 saturated carbocycles. The fraction of sp³-hybridized carbons (Fsp3) is 0.190. The highest BCUT2D eigenvalue weighted by atomic mass is 35.5. The van der Waals surface area contributed by atoms with Gasteiger partial charge in [-0.1, -0.05) is 17.7 Å². The molecule has 2 aromatic rings. The van der Waals surface area contributed by atoms with E-state index >= 15 is 0 Å². The maximum Gasteiger partial charge on any atom is 0.335 e. The van der Waals surface area contributed by atoms with Gasteiger partial charge in [0, 0.05) is 18.1 Å². The third-order valence-corrected chi connectivity index (χ3v) is 5.07. The molecule has 30 heavy (non-hydrogen) atoms. The number of ether oxygens (including phenoxy) is 1. The molecule has 9 heteroatoms. The zero-order valence-corrected chi connectivity index (χ0v) is 16.5. The van der Waals surface area contributed by atoms with E-state index in [-0.39, 0.29) is 11.3 Å².